The van der Waals surface area contributed by atoms with Crippen LogP contribution in [0.1, 0.15) is 63.0 Å². The van der Waals surface area contributed by atoms with Crippen LogP contribution in [-0.2, 0) is 14.3 Å². The van der Waals surface area contributed by atoms with Gasteiger partial charge in [-0.15, -0.1) is 0 Å². The van der Waals surface area contributed by atoms with E-state index in [9.17, 15) is 9.59 Å². The Bertz CT molecular complexity index is 694. The van der Waals surface area contributed by atoms with E-state index < -0.39 is 0 Å². The molecule has 28 heavy (non-hydrogen) atoms. The number of ether oxygens (including phenoxy) is 1. The average Bonchev–Trinajstić information content (AvgIpc) is 2.76. The van der Waals surface area contributed by atoms with Gasteiger partial charge in [-0.25, -0.2) is 0 Å². The van der Waals surface area contributed by atoms with Crippen LogP contribution in [0, 0.1) is 5.41 Å². The van der Waals surface area contributed by atoms with Crippen molar-refractivity contribution in [1.82, 2.24) is 14.8 Å². The fourth-order valence-electron chi connectivity index (χ4n) is 5.50. The number of amides is 2. The molecule has 1 atom stereocenters. The van der Waals surface area contributed by atoms with Crippen LogP contribution in [0.5, 0.6) is 0 Å². The van der Waals surface area contributed by atoms with Crippen LogP contribution in [0.4, 0.5) is 0 Å². The van der Waals surface area contributed by atoms with Gasteiger partial charge in [0, 0.05) is 38.6 Å². The summed E-state index contributed by atoms with van der Waals surface area (Å²) in [5, 5.41) is 0. The summed E-state index contributed by atoms with van der Waals surface area (Å²) in [6.45, 7) is 1.93. The molecule has 1 aromatic heterocycles. The van der Waals surface area contributed by atoms with Crippen LogP contribution in [0.3, 0.4) is 0 Å². The standard InChI is InChI=1S/C22H31N3O3/c1-28-16-9-19(26)24-14-7-18(8-15-24)25-20(17-5-12-23-13-6-17)22(21(25)27)10-3-2-4-11-22/h5-6,12-13,18,20H,2-4,7-11,14-16H2,1H3. The second-order valence-electron chi connectivity index (χ2n) is 8.47. The second-order valence-corrected chi connectivity index (χ2v) is 8.47. The number of likely N-dealkylation sites (tertiary alicyclic amines) is 2. The number of nitrogens with zero attached hydrogens (tertiary/aromatic N) is 3. The molecule has 0 bridgehead atoms. The highest BCUT2D eigenvalue weighted by Gasteiger charge is 2.62. The van der Waals surface area contributed by atoms with E-state index in [0.29, 0.717) is 18.9 Å². The molecule has 6 nitrogen and oxygen atoms in total. The van der Waals surface area contributed by atoms with E-state index in [4.69, 9.17) is 4.74 Å². The molecule has 1 unspecified atom stereocenters. The van der Waals surface area contributed by atoms with Gasteiger partial charge in [0.1, 0.15) is 0 Å². The number of hydrogen-bond acceptors (Lipinski definition) is 4. The van der Waals surface area contributed by atoms with Crippen molar-refractivity contribution in [2.75, 3.05) is 26.8 Å². The maximum atomic E-state index is 13.4. The second kappa shape index (κ2) is 8.19. The molecule has 4 rings (SSSR count). The fourth-order valence-corrected chi connectivity index (χ4v) is 5.50. The third-order valence-electron chi connectivity index (χ3n) is 6.96. The van der Waals surface area contributed by atoms with Gasteiger partial charge in [0.25, 0.3) is 0 Å². The number of hydrogen-bond donors (Lipinski definition) is 0. The van der Waals surface area contributed by atoms with E-state index in [0.717, 1.165) is 51.6 Å². The summed E-state index contributed by atoms with van der Waals surface area (Å²) in [6.07, 6.45) is 11.4. The number of methoxy groups -OCH3 is 1. The van der Waals surface area contributed by atoms with Crippen LogP contribution in [0.25, 0.3) is 0 Å². The summed E-state index contributed by atoms with van der Waals surface area (Å²) in [4.78, 5) is 33.9. The maximum absolute atomic E-state index is 13.4. The van der Waals surface area contributed by atoms with Crippen molar-refractivity contribution in [3.63, 3.8) is 0 Å². The van der Waals surface area contributed by atoms with Crippen molar-refractivity contribution in [3.8, 4) is 0 Å². The molecule has 152 valence electrons. The van der Waals surface area contributed by atoms with Crippen LogP contribution in [0.2, 0.25) is 0 Å². The van der Waals surface area contributed by atoms with Gasteiger partial charge in [-0.3, -0.25) is 14.6 Å². The monoisotopic (exact) mass is 385 g/mol. The van der Waals surface area contributed by atoms with Gasteiger partial charge in [0.15, 0.2) is 0 Å². The summed E-state index contributed by atoms with van der Waals surface area (Å²) in [7, 11) is 1.62. The van der Waals surface area contributed by atoms with Crippen LogP contribution < -0.4 is 0 Å². The number of piperidine rings is 1. The Kier molecular flexibility index (Phi) is 5.67. The Balaban J connectivity index is 1.48. The number of aromatic nitrogens is 1. The first-order chi connectivity index (χ1) is 13.7. The first kappa shape index (κ1) is 19.4. The summed E-state index contributed by atoms with van der Waals surface area (Å²) >= 11 is 0. The molecule has 2 aliphatic heterocycles. The number of carbonyl (C=O) groups is 2. The van der Waals surface area contributed by atoms with Crippen molar-refractivity contribution in [2.24, 2.45) is 5.41 Å². The Morgan fingerprint density at radius 1 is 1.18 bits per heavy atom. The van der Waals surface area contributed by atoms with Gasteiger partial charge < -0.3 is 14.5 Å². The summed E-state index contributed by atoms with van der Waals surface area (Å²) in [5.41, 5.74) is 1.01. The lowest BCUT2D eigenvalue weighted by atomic mass is 9.59. The van der Waals surface area contributed by atoms with E-state index >= 15 is 0 Å². The molecule has 6 heteroatoms. The highest BCUT2D eigenvalue weighted by atomic mass is 16.5. The van der Waals surface area contributed by atoms with Gasteiger partial charge in [-0.05, 0) is 43.4 Å². The number of pyridine rings is 1. The molecule has 2 saturated heterocycles. The summed E-state index contributed by atoms with van der Waals surface area (Å²) in [6, 6.07) is 4.54. The predicted octanol–water partition coefficient (Wildman–Crippen LogP) is 2.94. The van der Waals surface area contributed by atoms with Crippen molar-refractivity contribution in [2.45, 2.75) is 63.5 Å². The topological polar surface area (TPSA) is 62.7 Å². The molecule has 0 N–H and O–H groups in total. The lowest BCUT2D eigenvalue weighted by Gasteiger charge is -2.61. The predicted molar refractivity (Wildman–Crippen MR) is 105 cm³/mol. The van der Waals surface area contributed by atoms with Crippen LogP contribution in [-0.4, -0.2) is 59.4 Å². The number of β-lactam (4-membered cyclic amide) rings is 1. The molecule has 1 aliphatic carbocycles. The van der Waals surface area contributed by atoms with E-state index in [2.05, 4.69) is 22.0 Å². The Hall–Kier alpha value is -1.95. The minimum Gasteiger partial charge on any atom is -0.384 e. The van der Waals surface area contributed by atoms with Crippen molar-refractivity contribution < 1.29 is 14.3 Å². The largest absolute Gasteiger partial charge is 0.384 e. The number of carbonyl (C=O) groups excluding carboxylic acids is 2. The molecule has 1 saturated carbocycles. The third kappa shape index (κ3) is 3.32. The molecule has 1 aromatic rings. The van der Waals surface area contributed by atoms with E-state index in [1.807, 2.05) is 17.3 Å². The molecule has 0 radical (unpaired) electrons. The Morgan fingerprint density at radius 3 is 2.50 bits per heavy atom. The average molecular weight is 386 g/mol. The van der Waals surface area contributed by atoms with Crippen molar-refractivity contribution in [3.05, 3.63) is 30.1 Å². The third-order valence-corrected chi connectivity index (χ3v) is 6.96. The minimum atomic E-state index is -0.203. The quantitative estimate of drug-likeness (QED) is 0.731. The highest BCUT2D eigenvalue weighted by Crippen LogP contribution is 2.59. The normalized spacial score (nSPS) is 25.0. The molecule has 3 heterocycles. The van der Waals surface area contributed by atoms with Gasteiger partial charge in [-0.2, -0.15) is 0 Å². The molecule has 3 fully saturated rings. The smallest absolute Gasteiger partial charge is 0.232 e. The van der Waals surface area contributed by atoms with Gasteiger partial charge in [0.2, 0.25) is 11.8 Å². The van der Waals surface area contributed by atoms with Gasteiger partial charge in [0.05, 0.1) is 24.5 Å². The van der Waals surface area contributed by atoms with Crippen LogP contribution in [0.15, 0.2) is 24.5 Å². The molecule has 1 spiro atoms. The lowest BCUT2D eigenvalue weighted by molar-refractivity contribution is -0.186. The highest BCUT2D eigenvalue weighted by molar-refractivity contribution is 5.91. The molecular weight excluding hydrogens is 354 g/mol. The van der Waals surface area contributed by atoms with Crippen molar-refractivity contribution in [1.29, 1.82) is 0 Å². The zero-order valence-electron chi connectivity index (χ0n) is 16.8. The minimum absolute atomic E-state index is 0.157. The molecule has 3 aliphatic rings. The first-order valence-electron chi connectivity index (χ1n) is 10.7. The van der Waals surface area contributed by atoms with E-state index in [1.54, 1.807) is 7.11 Å². The Morgan fingerprint density at radius 2 is 1.86 bits per heavy atom. The molecule has 2 amide bonds. The SMILES string of the molecule is COCCC(=O)N1CCC(N2C(=O)C3(CCCCC3)C2c2ccncc2)CC1. The van der Waals surface area contributed by atoms with Crippen LogP contribution >= 0.6 is 0 Å². The maximum Gasteiger partial charge on any atom is 0.232 e. The lowest BCUT2D eigenvalue weighted by Crippen LogP contribution is -2.67. The molecular formula is C22H31N3O3. The van der Waals surface area contributed by atoms with Gasteiger partial charge >= 0.3 is 0 Å². The summed E-state index contributed by atoms with van der Waals surface area (Å²) in [5.74, 6) is 0.503. The number of rotatable bonds is 5. The zero-order chi connectivity index (χ0) is 19.6. The molecule has 0 aromatic carbocycles. The Labute approximate surface area is 167 Å². The fraction of sp³-hybridized carbons (Fsp3) is 0.682. The summed E-state index contributed by atoms with van der Waals surface area (Å²) < 4.78 is 5.02. The van der Waals surface area contributed by atoms with E-state index in [1.165, 1.54) is 12.0 Å². The zero-order valence-corrected chi connectivity index (χ0v) is 16.8. The van der Waals surface area contributed by atoms with Crippen molar-refractivity contribution >= 4 is 11.8 Å². The first-order valence-corrected chi connectivity index (χ1v) is 10.7. The van der Waals surface area contributed by atoms with Gasteiger partial charge in [-0.1, -0.05) is 19.3 Å². The van der Waals surface area contributed by atoms with E-state index in [-0.39, 0.29) is 23.4 Å².